The Balaban J connectivity index is 1.55. The quantitative estimate of drug-likeness (QED) is 0.353. The summed E-state index contributed by atoms with van der Waals surface area (Å²) in [5.74, 6) is 1.62. The van der Waals surface area contributed by atoms with Gasteiger partial charge in [0.25, 0.3) is 0 Å². The molecule has 0 spiro atoms. The fourth-order valence-corrected chi connectivity index (χ4v) is 4.54. The van der Waals surface area contributed by atoms with Gasteiger partial charge in [0.05, 0.1) is 20.3 Å². The van der Waals surface area contributed by atoms with Gasteiger partial charge in [-0.3, -0.25) is 0 Å². The van der Waals surface area contributed by atoms with E-state index in [9.17, 15) is 0 Å². The van der Waals surface area contributed by atoms with Gasteiger partial charge in [0.1, 0.15) is 23.5 Å². The molecule has 3 aromatic rings. The Morgan fingerprint density at radius 2 is 1.94 bits per heavy atom. The van der Waals surface area contributed by atoms with Crippen molar-refractivity contribution in [2.45, 2.75) is 25.5 Å². The van der Waals surface area contributed by atoms with E-state index in [1.807, 2.05) is 12.1 Å². The molecule has 0 unspecified atom stereocenters. The maximum Gasteiger partial charge on any atom is 0.236 e. The predicted octanol–water partition coefficient (Wildman–Crippen LogP) is 4.58. The normalized spacial score (nSPS) is 14.6. The number of aliphatic hydroxyl groups is 1. The van der Waals surface area contributed by atoms with E-state index < -0.39 is 0 Å². The molecule has 0 bridgehead atoms. The predicted molar refractivity (Wildman–Crippen MR) is 136 cm³/mol. The fraction of sp³-hybridized carbons (Fsp3) is 0.370. The molecule has 2 aromatic carbocycles. The Kier molecular flexibility index (Phi) is 8.82. The third-order valence-electron chi connectivity index (χ3n) is 5.95. The highest BCUT2D eigenvalue weighted by Crippen LogP contribution is 2.42. The van der Waals surface area contributed by atoms with Crippen LogP contribution in [0.3, 0.4) is 0 Å². The first kappa shape index (κ1) is 25.3. The minimum absolute atomic E-state index is 0.0544. The first-order valence-electron chi connectivity index (χ1n) is 11.7. The van der Waals surface area contributed by atoms with Crippen LogP contribution >= 0.6 is 11.6 Å². The Hall–Kier alpha value is -2.84. The second-order valence-electron chi connectivity index (χ2n) is 8.23. The van der Waals surface area contributed by atoms with Gasteiger partial charge in [-0.2, -0.15) is 4.98 Å². The maximum absolute atomic E-state index is 8.99. The van der Waals surface area contributed by atoms with Crippen molar-refractivity contribution in [3.63, 3.8) is 0 Å². The molecule has 1 aromatic heterocycles. The summed E-state index contributed by atoms with van der Waals surface area (Å²) in [7, 11) is 3.23. The highest BCUT2D eigenvalue weighted by Gasteiger charge is 2.28. The van der Waals surface area contributed by atoms with E-state index in [0.29, 0.717) is 43.1 Å². The number of aliphatic hydroxyl groups excluding tert-OH is 1. The average molecular weight is 499 g/mol. The summed E-state index contributed by atoms with van der Waals surface area (Å²) in [6.45, 7) is 2.07. The molecule has 0 amide bonds. The molecular weight excluding hydrogens is 468 g/mol. The smallest absolute Gasteiger partial charge is 0.236 e. The SMILES string of the molecule is COCCOc1cccc(-c2cccc3c2CC[C@@H]3Oc2nc(OC)c(CNCCO)cc2Cl)c1. The van der Waals surface area contributed by atoms with Crippen molar-refractivity contribution in [2.75, 3.05) is 40.6 Å². The van der Waals surface area contributed by atoms with E-state index in [1.54, 1.807) is 20.3 Å². The molecule has 35 heavy (non-hydrogen) atoms. The summed E-state index contributed by atoms with van der Waals surface area (Å²) in [5.41, 5.74) is 5.49. The van der Waals surface area contributed by atoms with Gasteiger partial charge in [0.15, 0.2) is 0 Å². The van der Waals surface area contributed by atoms with Crippen LogP contribution in [0, 0.1) is 0 Å². The third-order valence-corrected chi connectivity index (χ3v) is 6.22. The largest absolute Gasteiger partial charge is 0.491 e. The molecule has 0 aliphatic heterocycles. The number of fused-ring (bicyclic) bond motifs is 1. The first-order valence-corrected chi connectivity index (χ1v) is 12.1. The van der Waals surface area contributed by atoms with E-state index in [1.165, 1.54) is 11.1 Å². The van der Waals surface area contributed by atoms with Gasteiger partial charge < -0.3 is 29.4 Å². The molecule has 186 valence electrons. The molecule has 0 radical (unpaired) electrons. The number of methoxy groups -OCH3 is 2. The number of ether oxygens (including phenoxy) is 4. The summed E-state index contributed by atoms with van der Waals surface area (Å²) >= 11 is 6.53. The monoisotopic (exact) mass is 498 g/mol. The van der Waals surface area contributed by atoms with Crippen molar-refractivity contribution in [3.8, 4) is 28.6 Å². The average Bonchev–Trinajstić information content (AvgIpc) is 3.29. The molecule has 1 heterocycles. The molecule has 0 fully saturated rings. The topological polar surface area (TPSA) is 82.1 Å². The fourth-order valence-electron chi connectivity index (χ4n) is 4.32. The van der Waals surface area contributed by atoms with Crippen LogP contribution in [-0.4, -0.2) is 50.7 Å². The van der Waals surface area contributed by atoms with Crippen LogP contribution in [0.1, 0.15) is 29.2 Å². The number of pyridine rings is 1. The van der Waals surface area contributed by atoms with Crippen LogP contribution in [0.15, 0.2) is 48.5 Å². The lowest BCUT2D eigenvalue weighted by Gasteiger charge is -2.18. The summed E-state index contributed by atoms with van der Waals surface area (Å²) in [5, 5.41) is 12.5. The Morgan fingerprint density at radius 1 is 1.09 bits per heavy atom. The summed E-state index contributed by atoms with van der Waals surface area (Å²) in [6.07, 6.45) is 1.57. The zero-order valence-electron chi connectivity index (χ0n) is 20.1. The molecule has 0 saturated heterocycles. The number of nitrogens with one attached hydrogen (secondary N) is 1. The molecule has 1 aliphatic carbocycles. The molecule has 4 rings (SSSR count). The number of benzene rings is 2. The number of aromatic nitrogens is 1. The Labute approximate surface area is 211 Å². The zero-order valence-corrected chi connectivity index (χ0v) is 20.8. The Morgan fingerprint density at radius 3 is 2.74 bits per heavy atom. The van der Waals surface area contributed by atoms with Crippen LogP contribution in [-0.2, 0) is 17.7 Å². The zero-order chi connectivity index (χ0) is 24.6. The number of nitrogens with zero attached hydrogens (tertiary/aromatic N) is 1. The third kappa shape index (κ3) is 6.05. The van der Waals surface area contributed by atoms with Crippen LogP contribution < -0.4 is 19.5 Å². The molecule has 1 atom stereocenters. The molecule has 1 aliphatic rings. The van der Waals surface area contributed by atoms with Crippen LogP contribution in [0.2, 0.25) is 5.02 Å². The number of rotatable bonds is 12. The second kappa shape index (κ2) is 12.2. The summed E-state index contributed by atoms with van der Waals surface area (Å²) in [6, 6.07) is 16.2. The van der Waals surface area contributed by atoms with Gasteiger partial charge in [-0.15, -0.1) is 0 Å². The van der Waals surface area contributed by atoms with Crippen LogP contribution in [0.4, 0.5) is 0 Å². The molecular formula is C27H31ClN2O5. The van der Waals surface area contributed by atoms with Gasteiger partial charge in [0.2, 0.25) is 11.8 Å². The molecule has 7 nitrogen and oxygen atoms in total. The van der Waals surface area contributed by atoms with Crippen molar-refractivity contribution in [1.29, 1.82) is 0 Å². The summed E-state index contributed by atoms with van der Waals surface area (Å²) < 4.78 is 22.7. The van der Waals surface area contributed by atoms with Crippen LogP contribution in [0.5, 0.6) is 17.5 Å². The van der Waals surface area contributed by atoms with Gasteiger partial charge in [-0.1, -0.05) is 41.9 Å². The summed E-state index contributed by atoms with van der Waals surface area (Å²) in [4.78, 5) is 4.53. The van der Waals surface area contributed by atoms with E-state index in [4.69, 9.17) is 35.7 Å². The Bertz CT molecular complexity index is 1140. The highest BCUT2D eigenvalue weighted by molar-refractivity contribution is 6.31. The number of hydrogen-bond donors (Lipinski definition) is 2. The van der Waals surface area contributed by atoms with Crippen molar-refractivity contribution in [1.82, 2.24) is 10.3 Å². The minimum atomic E-state index is -0.154. The van der Waals surface area contributed by atoms with E-state index in [2.05, 4.69) is 40.6 Å². The van der Waals surface area contributed by atoms with Crippen molar-refractivity contribution in [3.05, 3.63) is 70.2 Å². The molecule has 8 heteroatoms. The maximum atomic E-state index is 8.99. The molecule has 2 N–H and O–H groups in total. The van der Waals surface area contributed by atoms with Crippen molar-refractivity contribution >= 4 is 11.6 Å². The van der Waals surface area contributed by atoms with Gasteiger partial charge >= 0.3 is 0 Å². The number of hydrogen-bond acceptors (Lipinski definition) is 7. The van der Waals surface area contributed by atoms with Gasteiger partial charge in [-0.05, 0) is 53.3 Å². The lowest BCUT2D eigenvalue weighted by Crippen LogP contribution is -2.18. The lowest BCUT2D eigenvalue weighted by atomic mass is 9.96. The van der Waals surface area contributed by atoms with Gasteiger partial charge in [-0.25, -0.2) is 0 Å². The lowest BCUT2D eigenvalue weighted by molar-refractivity contribution is 0.146. The highest BCUT2D eigenvalue weighted by atomic mass is 35.5. The standard InChI is InChI=1S/C27H31ClN2O5/c1-32-13-14-34-20-6-3-5-18(15-20)21-7-4-8-23-22(21)9-10-25(23)35-27-24(28)16-19(17-29-11-12-31)26(30-27)33-2/h3-8,15-16,25,29,31H,9-14,17H2,1-2H3/t25-/m0/s1. The van der Waals surface area contributed by atoms with E-state index >= 15 is 0 Å². The van der Waals surface area contributed by atoms with Crippen molar-refractivity contribution in [2.24, 2.45) is 0 Å². The molecule has 0 saturated carbocycles. The second-order valence-corrected chi connectivity index (χ2v) is 8.64. The van der Waals surface area contributed by atoms with Crippen LogP contribution in [0.25, 0.3) is 11.1 Å². The minimum Gasteiger partial charge on any atom is -0.491 e. The first-order chi connectivity index (χ1) is 17.1. The van der Waals surface area contributed by atoms with Gasteiger partial charge in [0, 0.05) is 25.8 Å². The van der Waals surface area contributed by atoms with E-state index in [0.717, 1.165) is 35.3 Å². The number of halogens is 1. The van der Waals surface area contributed by atoms with E-state index in [-0.39, 0.29) is 12.7 Å². The van der Waals surface area contributed by atoms with Crippen molar-refractivity contribution < 1.29 is 24.1 Å².